The maximum Gasteiger partial charge on any atom is 0.127 e. The van der Waals surface area contributed by atoms with Gasteiger partial charge in [-0.15, -0.1) is 0 Å². The molecular weight excluding hydrogens is 326 g/mol. The summed E-state index contributed by atoms with van der Waals surface area (Å²) in [5, 5.41) is 9.83. The highest BCUT2D eigenvalue weighted by Crippen LogP contribution is 2.26. The number of ether oxygens (including phenoxy) is 2. The molecule has 4 heteroatoms. The highest BCUT2D eigenvalue weighted by Gasteiger charge is 2.02. The Balaban J connectivity index is 1.69. The van der Waals surface area contributed by atoms with Crippen LogP contribution in [0.1, 0.15) is 16.7 Å². The second-order valence-electron chi connectivity index (χ2n) is 6.03. The van der Waals surface area contributed by atoms with E-state index >= 15 is 0 Å². The van der Waals surface area contributed by atoms with Crippen LogP contribution >= 0.6 is 0 Å². The van der Waals surface area contributed by atoms with E-state index in [0.717, 1.165) is 39.6 Å². The molecule has 0 radical (unpaired) electrons. The average Bonchev–Trinajstić information content (AvgIpc) is 2.66. The van der Waals surface area contributed by atoms with Crippen LogP contribution in [-0.4, -0.2) is 18.4 Å². The standard InChI is InChI=1S/C22H21NO3/c1-15-12-17(13-16(2)22(15)24)14-23-18-4-6-20(7-5-18)26-21-10-8-19(25-3)9-11-21/h4-14,24H,1-3H3. The summed E-state index contributed by atoms with van der Waals surface area (Å²) >= 11 is 0. The maximum absolute atomic E-state index is 9.83. The predicted octanol–water partition coefficient (Wildman–Crippen LogP) is 5.56. The molecule has 0 amide bonds. The van der Waals surface area contributed by atoms with Gasteiger partial charge in [0.05, 0.1) is 12.8 Å². The van der Waals surface area contributed by atoms with Crippen LogP contribution < -0.4 is 9.47 Å². The van der Waals surface area contributed by atoms with E-state index in [4.69, 9.17) is 9.47 Å². The number of aryl methyl sites for hydroxylation is 2. The second kappa shape index (κ2) is 7.74. The SMILES string of the molecule is COc1ccc(Oc2ccc(N=Cc3cc(C)c(O)c(C)c3)cc2)cc1. The first-order chi connectivity index (χ1) is 12.5. The van der Waals surface area contributed by atoms with E-state index in [0.29, 0.717) is 5.75 Å². The van der Waals surface area contributed by atoms with E-state index in [2.05, 4.69) is 4.99 Å². The monoisotopic (exact) mass is 347 g/mol. The molecule has 0 fully saturated rings. The molecule has 3 rings (SSSR count). The summed E-state index contributed by atoms with van der Waals surface area (Å²) < 4.78 is 10.9. The van der Waals surface area contributed by atoms with Crippen LogP contribution in [0.4, 0.5) is 5.69 Å². The van der Waals surface area contributed by atoms with Crippen molar-refractivity contribution < 1.29 is 14.6 Å². The first kappa shape index (κ1) is 17.5. The van der Waals surface area contributed by atoms with Gasteiger partial charge in [-0.1, -0.05) is 0 Å². The molecule has 0 saturated heterocycles. The van der Waals surface area contributed by atoms with Gasteiger partial charge in [-0.3, -0.25) is 4.99 Å². The Labute approximate surface area is 153 Å². The molecule has 0 spiro atoms. The number of aliphatic imine (C=N–C) groups is 1. The van der Waals surface area contributed by atoms with Gasteiger partial charge in [-0.2, -0.15) is 0 Å². The van der Waals surface area contributed by atoms with Crippen molar-refractivity contribution in [2.75, 3.05) is 7.11 Å². The molecule has 26 heavy (non-hydrogen) atoms. The van der Waals surface area contributed by atoms with Gasteiger partial charge in [0.25, 0.3) is 0 Å². The van der Waals surface area contributed by atoms with Gasteiger partial charge >= 0.3 is 0 Å². The number of phenols is 1. The quantitative estimate of drug-likeness (QED) is 0.615. The van der Waals surface area contributed by atoms with Crippen LogP contribution in [0.15, 0.2) is 65.7 Å². The third-order valence-corrected chi connectivity index (χ3v) is 4.01. The smallest absolute Gasteiger partial charge is 0.127 e. The van der Waals surface area contributed by atoms with Crippen molar-refractivity contribution in [3.8, 4) is 23.0 Å². The summed E-state index contributed by atoms with van der Waals surface area (Å²) in [5.74, 6) is 2.62. The molecule has 0 aromatic heterocycles. The zero-order valence-corrected chi connectivity index (χ0v) is 15.1. The first-order valence-corrected chi connectivity index (χ1v) is 8.31. The third-order valence-electron chi connectivity index (χ3n) is 4.01. The van der Waals surface area contributed by atoms with Crippen molar-refractivity contribution in [1.29, 1.82) is 0 Å². The van der Waals surface area contributed by atoms with Crippen LogP contribution in [-0.2, 0) is 0 Å². The molecule has 0 unspecified atom stereocenters. The van der Waals surface area contributed by atoms with Crippen LogP contribution in [0, 0.1) is 13.8 Å². The number of hydrogen-bond acceptors (Lipinski definition) is 4. The summed E-state index contributed by atoms with van der Waals surface area (Å²) in [6.45, 7) is 3.76. The largest absolute Gasteiger partial charge is 0.507 e. The molecule has 0 aliphatic rings. The molecule has 0 saturated carbocycles. The molecule has 0 aliphatic carbocycles. The van der Waals surface area contributed by atoms with E-state index in [1.807, 2.05) is 74.5 Å². The van der Waals surface area contributed by atoms with Crippen LogP contribution in [0.3, 0.4) is 0 Å². The lowest BCUT2D eigenvalue weighted by molar-refractivity contribution is 0.413. The maximum atomic E-state index is 9.83. The Hall–Kier alpha value is -3.27. The third kappa shape index (κ3) is 4.22. The Morgan fingerprint density at radius 1 is 0.808 bits per heavy atom. The van der Waals surface area contributed by atoms with E-state index in [1.165, 1.54) is 0 Å². The summed E-state index contributed by atoms with van der Waals surface area (Å²) in [6.07, 6.45) is 1.79. The fourth-order valence-corrected chi connectivity index (χ4v) is 2.59. The average molecular weight is 347 g/mol. The number of hydrogen-bond donors (Lipinski definition) is 1. The highest BCUT2D eigenvalue weighted by molar-refractivity contribution is 5.83. The van der Waals surface area contributed by atoms with Gasteiger partial charge in [0.1, 0.15) is 23.0 Å². The summed E-state index contributed by atoms with van der Waals surface area (Å²) in [6, 6.07) is 18.8. The number of phenolic OH excluding ortho intramolecular Hbond substituents is 1. The summed E-state index contributed by atoms with van der Waals surface area (Å²) in [7, 11) is 1.63. The van der Waals surface area contributed by atoms with Gasteiger partial charge in [0.15, 0.2) is 0 Å². The van der Waals surface area contributed by atoms with Gasteiger partial charge in [0, 0.05) is 6.21 Å². The number of aromatic hydroxyl groups is 1. The fraction of sp³-hybridized carbons (Fsp3) is 0.136. The normalized spacial score (nSPS) is 10.9. The molecule has 3 aromatic rings. The lowest BCUT2D eigenvalue weighted by Crippen LogP contribution is -1.87. The van der Waals surface area contributed by atoms with E-state index in [1.54, 1.807) is 13.3 Å². The number of nitrogens with zero attached hydrogens (tertiary/aromatic N) is 1. The molecule has 0 heterocycles. The molecule has 3 aromatic carbocycles. The fourth-order valence-electron chi connectivity index (χ4n) is 2.59. The molecular formula is C22H21NO3. The molecule has 1 N–H and O–H groups in total. The van der Waals surface area contributed by atoms with Gasteiger partial charge in [0.2, 0.25) is 0 Å². The molecule has 0 aliphatic heterocycles. The predicted molar refractivity (Wildman–Crippen MR) is 104 cm³/mol. The van der Waals surface area contributed by atoms with Crippen LogP contribution in [0.25, 0.3) is 0 Å². The van der Waals surface area contributed by atoms with Crippen LogP contribution in [0.5, 0.6) is 23.0 Å². The van der Waals surface area contributed by atoms with Crippen molar-refractivity contribution in [2.24, 2.45) is 4.99 Å². The minimum atomic E-state index is 0.335. The number of methoxy groups -OCH3 is 1. The zero-order chi connectivity index (χ0) is 18.5. The van der Waals surface area contributed by atoms with E-state index in [9.17, 15) is 5.11 Å². The first-order valence-electron chi connectivity index (χ1n) is 8.31. The van der Waals surface area contributed by atoms with Crippen LogP contribution in [0.2, 0.25) is 0 Å². The highest BCUT2D eigenvalue weighted by atomic mass is 16.5. The lowest BCUT2D eigenvalue weighted by atomic mass is 10.1. The molecule has 0 atom stereocenters. The Bertz CT molecular complexity index is 890. The lowest BCUT2D eigenvalue weighted by Gasteiger charge is -2.07. The topological polar surface area (TPSA) is 51.0 Å². The minimum Gasteiger partial charge on any atom is -0.507 e. The van der Waals surface area contributed by atoms with Gasteiger partial charge < -0.3 is 14.6 Å². The Kier molecular flexibility index (Phi) is 5.23. The van der Waals surface area contributed by atoms with Crippen molar-refractivity contribution in [3.63, 3.8) is 0 Å². The zero-order valence-electron chi connectivity index (χ0n) is 15.1. The minimum absolute atomic E-state index is 0.335. The number of benzene rings is 3. The van der Waals surface area contributed by atoms with Crippen molar-refractivity contribution in [1.82, 2.24) is 0 Å². The molecule has 132 valence electrons. The van der Waals surface area contributed by atoms with Crippen molar-refractivity contribution in [3.05, 3.63) is 77.4 Å². The second-order valence-corrected chi connectivity index (χ2v) is 6.03. The van der Waals surface area contributed by atoms with E-state index < -0.39 is 0 Å². The van der Waals surface area contributed by atoms with Gasteiger partial charge in [-0.05, 0) is 91.2 Å². The summed E-state index contributed by atoms with van der Waals surface area (Å²) in [4.78, 5) is 4.48. The summed E-state index contributed by atoms with van der Waals surface area (Å²) in [5.41, 5.74) is 3.47. The molecule has 4 nitrogen and oxygen atoms in total. The molecule has 0 bridgehead atoms. The Morgan fingerprint density at radius 3 is 1.85 bits per heavy atom. The Morgan fingerprint density at radius 2 is 1.31 bits per heavy atom. The van der Waals surface area contributed by atoms with Crippen molar-refractivity contribution in [2.45, 2.75) is 13.8 Å². The van der Waals surface area contributed by atoms with Gasteiger partial charge in [-0.25, -0.2) is 0 Å². The van der Waals surface area contributed by atoms with Crippen molar-refractivity contribution >= 4 is 11.9 Å². The number of rotatable bonds is 5. The van der Waals surface area contributed by atoms with E-state index in [-0.39, 0.29) is 0 Å².